The van der Waals surface area contributed by atoms with Crippen LogP contribution in [0.3, 0.4) is 0 Å². The highest BCUT2D eigenvalue weighted by Crippen LogP contribution is 2.42. The smallest absolute Gasteiger partial charge is 0.339 e. The van der Waals surface area contributed by atoms with Crippen LogP contribution < -0.4 is 0 Å². The number of allylic oxidation sites excluding steroid dienone is 4. The minimum Gasteiger partial charge on any atom is -0.379 e. The number of aryl methyl sites for hydroxylation is 4. The standard InChI is InChI=1S/C72H66N8O12S4/c1-45-9-17-53(18-10-45)93(81,82)89-49-33-37-77(5)65(41-49)69-57-25-27-59(73-57)70(66-42-50(34-38-78(66)6)90-94(83,84)54-19-11-46(2)12-20-54)61-29-31-63(75-61)72(68-44-52(36-40-80(68)8)92-96(87,88)56-23-15-48(4)16-24-56)64-32-30-62(76-64)71(60-28-26-58(69)74-60)67-43-51(35-39-79(67)7)91-95(85,86)55-21-13-47(3)14-22-55/h9-44,65-68,73,76H,1-8H3. The van der Waals surface area contributed by atoms with Crippen molar-refractivity contribution >= 4 is 86.8 Å². The molecule has 0 saturated carbocycles. The molecule has 0 spiro atoms. The highest BCUT2D eigenvalue weighted by molar-refractivity contribution is 7.87. The number of H-pyrrole nitrogens is 2. The number of aromatic amines is 2. The summed E-state index contributed by atoms with van der Waals surface area (Å²) >= 11 is 0. The van der Waals surface area contributed by atoms with E-state index in [1.165, 1.54) is 48.5 Å². The number of likely N-dealkylation sites (N-methyl/N-ethyl adjacent to an activating group) is 4. The molecular weight excluding hydrogens is 1300 g/mol. The van der Waals surface area contributed by atoms with E-state index in [4.69, 9.17) is 26.7 Å². The fourth-order valence-electron chi connectivity index (χ4n) is 11.9. The first-order valence-corrected chi connectivity index (χ1v) is 36.1. The van der Waals surface area contributed by atoms with Gasteiger partial charge in [-0.2, -0.15) is 33.7 Å². The topological polar surface area (TPSA) is 244 Å². The number of nitrogens with zero attached hydrogens (tertiary/aromatic N) is 6. The predicted octanol–water partition coefficient (Wildman–Crippen LogP) is 13.0. The Morgan fingerprint density at radius 1 is 0.302 bits per heavy atom. The second kappa shape index (κ2) is 25.1. The summed E-state index contributed by atoms with van der Waals surface area (Å²) in [6.07, 6.45) is 27.4. The molecule has 13 rings (SSSR count). The number of hydrogen-bond donors (Lipinski definition) is 2. The van der Waals surface area contributed by atoms with Crippen LogP contribution in [-0.2, 0) is 57.2 Å². The molecule has 0 radical (unpaired) electrons. The molecule has 9 heterocycles. The van der Waals surface area contributed by atoms with Crippen LogP contribution in [0.4, 0.5) is 0 Å². The monoisotopic (exact) mass is 1360 g/mol. The van der Waals surface area contributed by atoms with Gasteiger partial charge in [0, 0.05) is 97.3 Å². The molecule has 0 saturated heterocycles. The third kappa shape index (κ3) is 13.0. The van der Waals surface area contributed by atoms with Gasteiger partial charge in [-0.15, -0.1) is 0 Å². The van der Waals surface area contributed by atoms with E-state index in [9.17, 15) is 33.7 Å². The average Bonchev–Trinajstić information content (AvgIpc) is 1.54. The highest BCUT2D eigenvalue weighted by atomic mass is 32.2. The second-order valence-corrected chi connectivity index (χ2v) is 30.2. The number of fused-ring (bicyclic) bond motifs is 8. The summed E-state index contributed by atoms with van der Waals surface area (Å²) in [5, 5.41) is 0. The molecule has 0 aliphatic carbocycles. The van der Waals surface area contributed by atoms with E-state index in [0.29, 0.717) is 67.1 Å². The number of nitrogens with one attached hydrogen (secondary N) is 2. The fourth-order valence-corrected chi connectivity index (χ4v) is 15.6. The third-order valence-corrected chi connectivity index (χ3v) is 22.1. The van der Waals surface area contributed by atoms with Gasteiger partial charge in [0.25, 0.3) is 0 Å². The molecular formula is C72H66N8O12S4. The van der Waals surface area contributed by atoms with Gasteiger partial charge in [0.2, 0.25) is 0 Å². The van der Waals surface area contributed by atoms with Gasteiger partial charge in [0.1, 0.15) is 42.6 Å². The predicted molar refractivity (Wildman–Crippen MR) is 368 cm³/mol. The van der Waals surface area contributed by atoms with Gasteiger partial charge in [0.05, 0.1) is 46.9 Å². The lowest BCUT2D eigenvalue weighted by atomic mass is 10.0. The van der Waals surface area contributed by atoms with Crippen LogP contribution >= 0.6 is 0 Å². The molecule has 7 aromatic rings. The first-order chi connectivity index (χ1) is 45.7. The zero-order valence-electron chi connectivity index (χ0n) is 53.3. The van der Waals surface area contributed by atoms with Gasteiger partial charge < -0.3 is 46.3 Å². The number of rotatable bonds is 16. The summed E-state index contributed by atoms with van der Waals surface area (Å²) in [7, 11) is -9.96. The van der Waals surface area contributed by atoms with E-state index in [0.717, 1.165) is 22.3 Å². The van der Waals surface area contributed by atoms with E-state index in [2.05, 4.69) is 9.97 Å². The summed E-state index contributed by atoms with van der Waals surface area (Å²) < 4.78 is 136. The van der Waals surface area contributed by atoms with Gasteiger partial charge >= 0.3 is 40.5 Å². The number of aromatic nitrogens is 4. The Labute approximate surface area is 558 Å². The maximum Gasteiger partial charge on any atom is 0.339 e. The molecule has 4 unspecified atom stereocenters. The molecule has 6 aliphatic rings. The molecule has 4 aromatic carbocycles. The van der Waals surface area contributed by atoms with Crippen LogP contribution in [0.15, 0.2) is 237 Å². The van der Waals surface area contributed by atoms with Crippen LogP contribution in [0, 0.1) is 27.7 Å². The van der Waals surface area contributed by atoms with E-state index < -0.39 is 64.6 Å². The summed E-state index contributed by atoms with van der Waals surface area (Å²) in [6.45, 7) is 7.43. The van der Waals surface area contributed by atoms with E-state index >= 15 is 0 Å². The van der Waals surface area contributed by atoms with E-state index in [1.54, 1.807) is 122 Å². The molecule has 4 atom stereocenters. The first kappa shape index (κ1) is 64.3. The van der Waals surface area contributed by atoms with Crippen molar-refractivity contribution < 1.29 is 50.4 Å². The van der Waals surface area contributed by atoms with Crippen molar-refractivity contribution in [2.24, 2.45) is 0 Å². The Bertz CT molecular complexity index is 4660. The normalized spacial score (nSPS) is 18.7. The molecule has 8 bridgehead atoms. The van der Waals surface area contributed by atoms with Crippen LogP contribution in [-0.4, -0.2) is 101 Å². The van der Waals surface area contributed by atoms with Crippen molar-refractivity contribution in [1.82, 2.24) is 39.5 Å². The summed E-state index contributed by atoms with van der Waals surface area (Å²) in [6, 6.07) is 29.9. The fraction of sp³-hybridized carbons (Fsp3) is 0.167. The highest BCUT2D eigenvalue weighted by Gasteiger charge is 2.33. The first-order valence-electron chi connectivity index (χ1n) is 30.4. The minimum absolute atomic E-state index is 0.0304. The van der Waals surface area contributed by atoms with Crippen molar-refractivity contribution in [1.29, 1.82) is 0 Å². The molecule has 6 aliphatic heterocycles. The van der Waals surface area contributed by atoms with Crippen molar-refractivity contribution in [3.63, 3.8) is 0 Å². The lowest BCUT2D eigenvalue weighted by Crippen LogP contribution is -2.23. The van der Waals surface area contributed by atoms with Crippen molar-refractivity contribution in [2.75, 3.05) is 28.2 Å². The van der Waals surface area contributed by atoms with Gasteiger partial charge in [-0.25, -0.2) is 9.97 Å². The third-order valence-electron chi connectivity index (χ3n) is 17.1. The van der Waals surface area contributed by atoms with Crippen LogP contribution in [0.5, 0.6) is 0 Å². The minimum atomic E-state index is -4.33. The van der Waals surface area contributed by atoms with Crippen LogP contribution in [0.1, 0.15) is 91.5 Å². The van der Waals surface area contributed by atoms with Crippen molar-refractivity contribution in [3.05, 3.63) is 285 Å². The Hall–Kier alpha value is -10.4. The van der Waals surface area contributed by atoms with E-state index in [1.807, 2.05) is 124 Å². The number of hydrogen-bond acceptors (Lipinski definition) is 18. The van der Waals surface area contributed by atoms with Crippen LogP contribution in [0.2, 0.25) is 0 Å². The zero-order valence-corrected chi connectivity index (χ0v) is 56.6. The van der Waals surface area contributed by atoms with E-state index in [-0.39, 0.29) is 42.6 Å². The largest absolute Gasteiger partial charge is 0.379 e. The molecule has 20 nitrogen and oxygen atoms in total. The second-order valence-electron chi connectivity index (χ2n) is 24.0. The van der Waals surface area contributed by atoms with Gasteiger partial charge in [-0.05, 0) is 173 Å². The van der Waals surface area contributed by atoms with Crippen molar-refractivity contribution in [3.8, 4) is 0 Å². The SMILES string of the molecule is Cc1ccc(S(=O)(=O)OC2=CC(c3c4nc(c(C5C=C(OS(=O)(=O)c6ccc(C)cc6)C=CN5C)c5ccc([nH]5)c(C5C=C(OS(=O)(=O)c6ccc(C)cc6)C=CN5C)c5nc(c(C6C=C(OS(=O)(=O)c7ccc(C)cc7)C=CN6C)c6ccc3[nH]6)C=C5)C=C4)N(C)C=C2)cc1. The summed E-state index contributed by atoms with van der Waals surface area (Å²) in [5.74, 6) is 0.163. The molecule has 0 amide bonds. The maximum absolute atomic E-state index is 14.0. The Morgan fingerprint density at radius 3 is 0.698 bits per heavy atom. The molecule has 24 heteroatoms. The lowest BCUT2D eigenvalue weighted by Gasteiger charge is -2.29. The quantitative estimate of drug-likeness (QED) is 0.0854. The summed E-state index contributed by atoms with van der Waals surface area (Å²) in [5.41, 5.74) is 9.68. The molecule has 490 valence electrons. The van der Waals surface area contributed by atoms with Gasteiger partial charge in [-0.3, -0.25) is 0 Å². The Morgan fingerprint density at radius 2 is 0.500 bits per heavy atom. The Kier molecular flexibility index (Phi) is 16.8. The van der Waals surface area contributed by atoms with Crippen molar-refractivity contribution in [2.45, 2.75) is 71.4 Å². The average molecular weight is 1360 g/mol. The molecule has 2 N–H and O–H groups in total. The molecule has 3 aromatic heterocycles. The number of benzene rings is 4. The molecule has 0 fully saturated rings. The summed E-state index contributed by atoms with van der Waals surface area (Å²) in [4.78, 5) is 25.8. The van der Waals surface area contributed by atoms with Gasteiger partial charge in [-0.1, -0.05) is 70.8 Å². The lowest BCUT2D eigenvalue weighted by molar-refractivity contribution is 0.355. The molecule has 96 heavy (non-hydrogen) atoms. The maximum atomic E-state index is 14.0. The van der Waals surface area contributed by atoms with Gasteiger partial charge in [0.15, 0.2) is 0 Å². The zero-order chi connectivity index (χ0) is 67.6. The van der Waals surface area contributed by atoms with Crippen LogP contribution in [0.25, 0.3) is 46.4 Å². The Balaban J connectivity index is 1.07.